The number of benzene rings is 1. The van der Waals surface area contributed by atoms with Crippen LogP contribution in [0.15, 0.2) is 0 Å². The van der Waals surface area contributed by atoms with Crippen molar-refractivity contribution >= 4 is 34.4 Å². The van der Waals surface area contributed by atoms with Crippen LogP contribution in [-0.4, -0.2) is 67.0 Å². The van der Waals surface area contributed by atoms with Gasteiger partial charge in [-0.15, -0.1) is 0 Å². The topological polar surface area (TPSA) is 68.3 Å². The van der Waals surface area contributed by atoms with E-state index in [2.05, 4.69) is 22.6 Å². The lowest BCUT2D eigenvalue weighted by molar-refractivity contribution is -0.157. The lowest BCUT2D eigenvalue weighted by Gasteiger charge is -2.47. The number of alkyl halides is 1. The van der Waals surface area contributed by atoms with Crippen LogP contribution in [0, 0.1) is 6.92 Å². The molecule has 1 saturated heterocycles. The summed E-state index contributed by atoms with van der Waals surface area (Å²) in [5.74, 6) is 1.81. The Bertz CT molecular complexity index is 767. The van der Waals surface area contributed by atoms with Gasteiger partial charge in [0.25, 0.3) is 0 Å². The minimum atomic E-state index is -0.514. The molecule has 7 nitrogen and oxygen atoms in total. The SMILES string of the molecule is COc1c(C)c(OC)c(OC)c2c1C[C@H]1C(=O)N(C)CC(=O)N1[C@@H]2CI. The fourth-order valence-corrected chi connectivity index (χ4v) is 5.00. The van der Waals surface area contributed by atoms with Crippen molar-refractivity contribution in [2.24, 2.45) is 0 Å². The first-order valence-corrected chi connectivity index (χ1v) is 9.87. The predicted molar refractivity (Wildman–Crippen MR) is 104 cm³/mol. The highest BCUT2D eigenvalue weighted by molar-refractivity contribution is 14.1. The molecular weight excluding hydrogens is 451 g/mol. The molecule has 2 aliphatic heterocycles. The molecule has 8 heteroatoms. The van der Waals surface area contributed by atoms with Crippen molar-refractivity contribution in [2.45, 2.75) is 25.4 Å². The van der Waals surface area contributed by atoms with Gasteiger partial charge >= 0.3 is 0 Å². The van der Waals surface area contributed by atoms with Crippen molar-refractivity contribution in [3.05, 3.63) is 16.7 Å². The monoisotopic (exact) mass is 474 g/mol. The standard InChI is InChI=1S/C18H23IN2O5/c1-9-15(24-3)10-6-11-18(23)20(2)8-13(22)21(11)12(7-19)14(10)17(26-5)16(9)25-4/h11-12H,6-8H2,1-5H3/t11-,12+/m0/s1. The highest BCUT2D eigenvalue weighted by atomic mass is 127. The zero-order valence-electron chi connectivity index (χ0n) is 15.6. The van der Waals surface area contributed by atoms with Crippen LogP contribution in [-0.2, 0) is 16.0 Å². The summed E-state index contributed by atoms with van der Waals surface area (Å²) in [6.45, 7) is 2.01. The Kier molecular flexibility index (Phi) is 5.23. The van der Waals surface area contributed by atoms with Gasteiger partial charge in [0, 0.05) is 34.6 Å². The minimum absolute atomic E-state index is 0.0420. The average molecular weight is 474 g/mol. The number of methoxy groups -OCH3 is 3. The van der Waals surface area contributed by atoms with E-state index in [9.17, 15) is 9.59 Å². The van der Waals surface area contributed by atoms with Gasteiger partial charge in [0.1, 0.15) is 11.8 Å². The molecule has 1 fully saturated rings. The first-order valence-electron chi connectivity index (χ1n) is 8.34. The van der Waals surface area contributed by atoms with Gasteiger partial charge in [0.2, 0.25) is 11.8 Å². The summed E-state index contributed by atoms with van der Waals surface area (Å²) >= 11 is 2.25. The van der Waals surface area contributed by atoms with Gasteiger partial charge in [0.05, 0.1) is 33.9 Å². The quantitative estimate of drug-likeness (QED) is 0.491. The zero-order valence-corrected chi connectivity index (χ0v) is 17.7. The molecule has 0 aromatic heterocycles. The van der Waals surface area contributed by atoms with E-state index >= 15 is 0 Å². The summed E-state index contributed by atoms with van der Waals surface area (Å²) in [6, 6.07) is -0.784. The first kappa shape index (κ1) is 19.1. The van der Waals surface area contributed by atoms with Crippen LogP contribution in [0.3, 0.4) is 0 Å². The van der Waals surface area contributed by atoms with Crippen molar-refractivity contribution < 1.29 is 23.8 Å². The van der Waals surface area contributed by atoms with Gasteiger partial charge in [-0.1, -0.05) is 22.6 Å². The Morgan fingerprint density at radius 1 is 1.08 bits per heavy atom. The van der Waals surface area contributed by atoms with Gasteiger partial charge < -0.3 is 24.0 Å². The minimum Gasteiger partial charge on any atom is -0.496 e. The van der Waals surface area contributed by atoms with E-state index in [1.165, 1.54) is 4.90 Å². The van der Waals surface area contributed by atoms with Crippen LogP contribution < -0.4 is 14.2 Å². The van der Waals surface area contributed by atoms with E-state index in [1.54, 1.807) is 33.3 Å². The molecular formula is C18H23IN2O5. The molecule has 0 radical (unpaired) electrons. The van der Waals surface area contributed by atoms with Gasteiger partial charge in [-0.05, 0) is 6.92 Å². The molecule has 2 heterocycles. The number of carbonyl (C=O) groups excluding carboxylic acids is 2. The summed E-state index contributed by atoms with van der Waals surface area (Å²) in [7, 11) is 6.46. The molecule has 3 rings (SSSR count). The number of halogens is 1. The number of hydrogen-bond donors (Lipinski definition) is 0. The number of ether oxygens (including phenoxy) is 3. The third kappa shape index (κ3) is 2.60. The summed E-state index contributed by atoms with van der Waals surface area (Å²) in [5, 5.41) is 0. The normalized spacial score (nSPS) is 22.1. The van der Waals surface area contributed by atoms with Gasteiger partial charge in [-0.3, -0.25) is 9.59 Å². The molecule has 1 aromatic rings. The molecule has 142 valence electrons. The Morgan fingerprint density at radius 3 is 2.23 bits per heavy atom. The average Bonchev–Trinajstić information content (AvgIpc) is 2.63. The third-order valence-corrected chi connectivity index (χ3v) is 6.05. The Labute approximate surface area is 166 Å². The number of piperazine rings is 1. The van der Waals surface area contributed by atoms with E-state index in [4.69, 9.17) is 14.2 Å². The van der Waals surface area contributed by atoms with Crippen LogP contribution in [0.5, 0.6) is 17.2 Å². The van der Waals surface area contributed by atoms with E-state index in [0.717, 1.165) is 16.7 Å². The molecule has 26 heavy (non-hydrogen) atoms. The molecule has 0 saturated carbocycles. The van der Waals surface area contributed by atoms with Crippen LogP contribution in [0.4, 0.5) is 0 Å². The number of carbonyl (C=O) groups is 2. The highest BCUT2D eigenvalue weighted by Gasteiger charge is 2.48. The van der Waals surface area contributed by atoms with Crippen molar-refractivity contribution in [3.8, 4) is 17.2 Å². The summed E-state index contributed by atoms with van der Waals surface area (Å²) in [5.41, 5.74) is 2.62. The number of amides is 2. The maximum atomic E-state index is 12.8. The smallest absolute Gasteiger partial charge is 0.245 e. The van der Waals surface area contributed by atoms with Crippen LogP contribution >= 0.6 is 22.6 Å². The largest absolute Gasteiger partial charge is 0.496 e. The lowest BCUT2D eigenvalue weighted by atomic mass is 9.84. The first-order chi connectivity index (χ1) is 12.4. The second kappa shape index (κ2) is 7.13. The molecule has 2 atom stereocenters. The Hall–Kier alpha value is -1.71. The molecule has 0 aliphatic carbocycles. The Balaban J connectivity index is 2.31. The van der Waals surface area contributed by atoms with Crippen molar-refractivity contribution in [3.63, 3.8) is 0 Å². The lowest BCUT2D eigenvalue weighted by Crippen LogP contribution is -2.62. The predicted octanol–water partition coefficient (Wildman–Crippen LogP) is 1.72. The second-order valence-corrected chi connectivity index (χ2v) is 7.38. The number of nitrogens with zero attached hydrogens (tertiary/aromatic N) is 2. The van der Waals surface area contributed by atoms with E-state index in [1.807, 2.05) is 6.92 Å². The molecule has 2 aliphatic rings. The van der Waals surface area contributed by atoms with Crippen LogP contribution in [0.25, 0.3) is 0 Å². The summed E-state index contributed by atoms with van der Waals surface area (Å²) < 4.78 is 17.6. The van der Waals surface area contributed by atoms with Gasteiger partial charge in [0.15, 0.2) is 11.5 Å². The van der Waals surface area contributed by atoms with Gasteiger partial charge in [-0.25, -0.2) is 0 Å². The number of rotatable bonds is 4. The van der Waals surface area contributed by atoms with Gasteiger partial charge in [-0.2, -0.15) is 0 Å². The molecule has 0 unspecified atom stereocenters. The van der Waals surface area contributed by atoms with Crippen molar-refractivity contribution in [1.82, 2.24) is 9.80 Å². The van der Waals surface area contributed by atoms with Crippen molar-refractivity contribution in [2.75, 3.05) is 39.3 Å². The fraction of sp³-hybridized carbons (Fsp3) is 0.556. The number of hydrogen-bond acceptors (Lipinski definition) is 5. The highest BCUT2D eigenvalue weighted by Crippen LogP contribution is 2.51. The van der Waals surface area contributed by atoms with Crippen LogP contribution in [0.2, 0.25) is 0 Å². The number of fused-ring (bicyclic) bond motifs is 2. The second-order valence-electron chi connectivity index (χ2n) is 6.50. The van der Waals surface area contributed by atoms with Crippen LogP contribution in [0.1, 0.15) is 22.7 Å². The molecule has 2 amide bonds. The molecule has 1 aromatic carbocycles. The van der Waals surface area contributed by atoms with Crippen molar-refractivity contribution in [1.29, 1.82) is 0 Å². The molecule has 0 spiro atoms. The summed E-state index contributed by atoms with van der Waals surface area (Å²) in [6.07, 6.45) is 0.405. The molecule has 0 N–H and O–H groups in total. The number of likely N-dealkylation sites (N-methyl/N-ethyl adjacent to an activating group) is 1. The maximum absolute atomic E-state index is 12.8. The fourth-order valence-electron chi connectivity index (χ4n) is 4.13. The van der Waals surface area contributed by atoms with E-state index < -0.39 is 6.04 Å². The molecule has 0 bridgehead atoms. The maximum Gasteiger partial charge on any atom is 0.245 e. The van der Waals surface area contributed by atoms with E-state index in [-0.39, 0.29) is 24.4 Å². The zero-order chi connectivity index (χ0) is 19.2. The third-order valence-electron chi connectivity index (χ3n) is 5.21. The summed E-state index contributed by atoms with van der Waals surface area (Å²) in [4.78, 5) is 28.8. The Morgan fingerprint density at radius 2 is 1.69 bits per heavy atom. The van der Waals surface area contributed by atoms with E-state index in [0.29, 0.717) is 28.1 Å².